The van der Waals surface area contributed by atoms with Crippen LogP contribution in [0.4, 0.5) is 0 Å². The van der Waals surface area contributed by atoms with Crippen molar-refractivity contribution in [3.05, 3.63) is 23.5 Å². The van der Waals surface area contributed by atoms with Gasteiger partial charge < -0.3 is 9.67 Å². The van der Waals surface area contributed by atoms with Gasteiger partial charge in [-0.25, -0.2) is 4.79 Å². The van der Waals surface area contributed by atoms with Crippen LogP contribution in [0.25, 0.3) is 0 Å². The molecule has 0 amide bonds. The third kappa shape index (κ3) is 1.83. The van der Waals surface area contributed by atoms with Crippen molar-refractivity contribution >= 4 is 12.3 Å². The van der Waals surface area contributed by atoms with Crippen LogP contribution in [-0.2, 0) is 28.1 Å². The number of aryl methyl sites for hydroxylation is 1. The van der Waals surface area contributed by atoms with Crippen molar-refractivity contribution in [3.63, 3.8) is 0 Å². The van der Waals surface area contributed by atoms with Crippen molar-refractivity contribution in [2.45, 2.75) is 0 Å². The number of nitrogens with zero attached hydrogens (tertiary/aromatic N) is 1. The van der Waals surface area contributed by atoms with Gasteiger partial charge >= 0.3 is 5.97 Å². The van der Waals surface area contributed by atoms with E-state index in [4.69, 9.17) is 5.11 Å². The maximum Gasteiger partial charge on any atom is 0.353 e. The number of hydrogen-bond acceptors (Lipinski definition) is 2. The third-order valence-electron chi connectivity index (χ3n) is 1.43. The fourth-order valence-corrected chi connectivity index (χ4v) is 0.919. The number of rotatable bonds is 2. The van der Waals surface area contributed by atoms with Crippen LogP contribution < -0.4 is 0 Å². The van der Waals surface area contributed by atoms with E-state index in [1.54, 1.807) is 7.05 Å². The number of hydrogen-bond donors (Lipinski definition) is 1. The van der Waals surface area contributed by atoms with Crippen LogP contribution in [0.2, 0.25) is 0 Å². The summed E-state index contributed by atoms with van der Waals surface area (Å²) in [6.45, 7) is 0. The van der Waals surface area contributed by atoms with Gasteiger partial charge in [0.2, 0.25) is 0 Å². The summed E-state index contributed by atoms with van der Waals surface area (Å²) in [6, 6.07) is 1.47. The van der Waals surface area contributed by atoms with E-state index in [1.807, 2.05) is 0 Å². The van der Waals surface area contributed by atoms with Gasteiger partial charge in [-0.05, 0) is 6.07 Å². The summed E-state index contributed by atoms with van der Waals surface area (Å²) in [4.78, 5) is 20.8. The first-order valence-electron chi connectivity index (χ1n) is 3.00. The van der Waals surface area contributed by atoms with E-state index in [0.29, 0.717) is 6.29 Å². The Bertz CT molecular complexity index is 306. The van der Waals surface area contributed by atoms with Gasteiger partial charge in [-0.2, -0.15) is 0 Å². The summed E-state index contributed by atoms with van der Waals surface area (Å²) in [7, 11) is 1.58. The Morgan fingerprint density at radius 3 is 2.58 bits per heavy atom. The van der Waals surface area contributed by atoms with Gasteiger partial charge in [-0.1, -0.05) is 0 Å². The van der Waals surface area contributed by atoms with Crippen LogP contribution >= 0.6 is 0 Å². The summed E-state index contributed by atoms with van der Waals surface area (Å²) in [5, 5.41) is 8.59. The topological polar surface area (TPSA) is 59.3 Å². The van der Waals surface area contributed by atoms with Crippen molar-refractivity contribution in [2.24, 2.45) is 7.05 Å². The van der Waals surface area contributed by atoms with E-state index in [1.165, 1.54) is 16.8 Å². The Morgan fingerprint density at radius 1 is 1.67 bits per heavy atom. The zero-order valence-electron chi connectivity index (χ0n) is 6.35. The molecule has 64 valence electrons. The molecule has 0 saturated carbocycles. The molecule has 0 aromatic carbocycles. The van der Waals surface area contributed by atoms with E-state index in [2.05, 4.69) is 0 Å². The van der Waals surface area contributed by atoms with Crippen LogP contribution in [0.1, 0.15) is 20.8 Å². The molecule has 4 nitrogen and oxygen atoms in total. The first-order chi connectivity index (χ1) is 5.16. The Labute approximate surface area is 83.5 Å². The first-order valence-corrected chi connectivity index (χ1v) is 3.00. The molecule has 12 heavy (non-hydrogen) atoms. The fourth-order valence-electron chi connectivity index (χ4n) is 0.919. The number of carbonyl (C=O) groups excluding carboxylic acids is 1. The minimum absolute atomic E-state index is 0. The van der Waals surface area contributed by atoms with Gasteiger partial charge in [0.25, 0.3) is 0 Å². The predicted molar refractivity (Wildman–Crippen MR) is 37.8 cm³/mol. The van der Waals surface area contributed by atoms with Gasteiger partial charge in [0.1, 0.15) is 5.69 Å². The van der Waals surface area contributed by atoms with E-state index in [-0.39, 0.29) is 32.3 Å². The summed E-state index contributed by atoms with van der Waals surface area (Å²) in [5.41, 5.74) is 0.236. The second kappa shape index (κ2) is 4.21. The molecule has 1 rings (SSSR count). The smallest absolute Gasteiger partial charge is 0.353 e. The maximum atomic E-state index is 10.5. The molecule has 1 aromatic heterocycles. The molecule has 0 bridgehead atoms. The molecule has 1 heterocycles. The molecule has 0 spiro atoms. The first kappa shape index (κ1) is 11.1. The second-order valence-corrected chi connectivity index (χ2v) is 2.15. The van der Waals surface area contributed by atoms with Crippen LogP contribution in [0.5, 0.6) is 0 Å². The van der Waals surface area contributed by atoms with Gasteiger partial charge in [0.05, 0.1) is 0 Å². The molecular weight excluding hydrogens is 330 g/mol. The number of carboxylic acids is 1. The van der Waals surface area contributed by atoms with Crippen molar-refractivity contribution in [1.82, 2.24) is 4.57 Å². The zero-order valence-corrected chi connectivity index (χ0v) is 9.28. The van der Waals surface area contributed by atoms with Gasteiger partial charge in [0, 0.05) is 39.9 Å². The van der Waals surface area contributed by atoms with Crippen molar-refractivity contribution < 1.29 is 35.8 Å². The number of aldehydes is 1. The molecule has 0 aliphatic rings. The average molecular weight is 337 g/mol. The molecule has 0 fully saturated rings. The monoisotopic (exact) mass is 337 g/mol. The molecule has 0 aliphatic heterocycles. The van der Waals surface area contributed by atoms with Gasteiger partial charge in [-0.15, -0.1) is 0 Å². The van der Waals surface area contributed by atoms with Gasteiger partial charge in [0.15, 0.2) is 6.29 Å². The average Bonchev–Trinajstić information content (AvgIpc) is 2.30. The maximum absolute atomic E-state index is 10.5. The molecule has 0 unspecified atom stereocenters. The fraction of sp³-hybridized carbons (Fsp3) is 0.143. The molecule has 1 aromatic rings. The minimum Gasteiger partial charge on any atom is -0.477 e. The normalized spacial score (nSPS) is 8.75. The van der Waals surface area contributed by atoms with Crippen molar-refractivity contribution in [2.75, 3.05) is 0 Å². The Hall–Kier alpha value is -0.892. The predicted octanol–water partition coefficient (Wildman–Crippen LogP) is 0.533. The summed E-state index contributed by atoms with van der Waals surface area (Å²) in [5.74, 6) is -1.08. The van der Waals surface area contributed by atoms with Gasteiger partial charge in [-0.3, -0.25) is 4.79 Å². The van der Waals surface area contributed by atoms with E-state index >= 15 is 0 Å². The molecular formula is C7H7NO3W. The SMILES string of the molecule is Cn1ccc(C=O)c1C(=O)O.[W]. The Morgan fingerprint density at radius 2 is 2.25 bits per heavy atom. The van der Waals surface area contributed by atoms with Crippen LogP contribution in [0.3, 0.4) is 0 Å². The number of aromatic carboxylic acids is 1. The summed E-state index contributed by atoms with van der Waals surface area (Å²) in [6.07, 6.45) is 2.07. The van der Waals surface area contributed by atoms with Crippen LogP contribution in [-0.4, -0.2) is 21.9 Å². The van der Waals surface area contributed by atoms with Crippen LogP contribution in [0.15, 0.2) is 12.3 Å². The second-order valence-electron chi connectivity index (χ2n) is 2.15. The quantitative estimate of drug-likeness (QED) is 0.802. The summed E-state index contributed by atoms with van der Waals surface area (Å²) >= 11 is 0. The van der Waals surface area contributed by atoms with Crippen LogP contribution in [0, 0.1) is 0 Å². The Kier molecular flexibility index (Phi) is 3.90. The molecule has 0 atom stereocenters. The van der Waals surface area contributed by atoms with Crippen molar-refractivity contribution in [1.29, 1.82) is 0 Å². The number of carboxylic acid groups (broad SMARTS) is 1. The largest absolute Gasteiger partial charge is 0.477 e. The third-order valence-corrected chi connectivity index (χ3v) is 1.43. The number of carbonyl (C=O) groups is 2. The molecule has 5 heteroatoms. The van der Waals surface area contributed by atoms with E-state index < -0.39 is 5.97 Å². The molecule has 1 N–H and O–H groups in total. The van der Waals surface area contributed by atoms with Crippen molar-refractivity contribution in [3.8, 4) is 0 Å². The minimum atomic E-state index is -1.08. The number of aromatic nitrogens is 1. The standard InChI is InChI=1S/C7H7NO3.W/c1-8-3-2-5(4-9)6(8)7(10)11;/h2-4H,1H3,(H,10,11);. The molecule has 0 saturated heterocycles. The molecule has 0 radical (unpaired) electrons. The molecule has 0 aliphatic carbocycles. The van der Waals surface area contributed by atoms with E-state index in [9.17, 15) is 9.59 Å². The Balaban J connectivity index is 0.00000121. The summed E-state index contributed by atoms with van der Waals surface area (Å²) < 4.78 is 1.39. The zero-order chi connectivity index (χ0) is 8.43. The van der Waals surface area contributed by atoms with E-state index in [0.717, 1.165) is 0 Å².